The molecular formula is C23H25Cl2N3O3. The number of halogens is 2. The number of rotatable bonds is 4. The number of likely N-dealkylation sites (tertiary alicyclic amines) is 1. The number of likely N-dealkylation sites (N-methyl/N-ethyl adjacent to an activating group) is 1. The van der Waals surface area contributed by atoms with Gasteiger partial charge in [-0.2, -0.15) is 0 Å². The van der Waals surface area contributed by atoms with Crippen molar-refractivity contribution in [3.05, 3.63) is 69.2 Å². The van der Waals surface area contributed by atoms with Gasteiger partial charge in [0.05, 0.1) is 19.3 Å². The number of amides is 3. The lowest BCUT2D eigenvalue weighted by molar-refractivity contribution is -0.134. The molecule has 2 aromatic carbocycles. The molecule has 1 fully saturated rings. The first-order valence-corrected chi connectivity index (χ1v) is 11.1. The maximum Gasteiger partial charge on any atom is 0.318 e. The summed E-state index contributed by atoms with van der Waals surface area (Å²) < 4.78 is 5.64. The van der Waals surface area contributed by atoms with Gasteiger partial charge in [-0.15, -0.1) is 0 Å². The summed E-state index contributed by atoms with van der Waals surface area (Å²) in [7, 11) is 1.76. The highest BCUT2D eigenvalue weighted by Crippen LogP contribution is 2.28. The molecule has 0 spiro atoms. The fourth-order valence-corrected chi connectivity index (χ4v) is 4.55. The lowest BCUT2D eigenvalue weighted by Gasteiger charge is -2.32. The Morgan fingerprint density at radius 1 is 1.16 bits per heavy atom. The summed E-state index contributed by atoms with van der Waals surface area (Å²) in [4.78, 5) is 29.5. The van der Waals surface area contributed by atoms with Crippen LogP contribution in [-0.4, -0.2) is 48.0 Å². The quantitative estimate of drug-likeness (QED) is 0.733. The highest BCUT2D eigenvalue weighted by molar-refractivity contribution is 6.30. The van der Waals surface area contributed by atoms with Crippen molar-refractivity contribution in [2.24, 2.45) is 0 Å². The molecule has 0 radical (unpaired) electrons. The Kier molecular flexibility index (Phi) is 6.70. The van der Waals surface area contributed by atoms with E-state index >= 15 is 0 Å². The van der Waals surface area contributed by atoms with Gasteiger partial charge in [0, 0.05) is 30.2 Å². The summed E-state index contributed by atoms with van der Waals surface area (Å²) in [6.45, 7) is 1.89. The average molecular weight is 462 g/mol. The average Bonchev–Trinajstić information content (AvgIpc) is 3.24. The van der Waals surface area contributed by atoms with Gasteiger partial charge < -0.3 is 19.9 Å². The zero-order chi connectivity index (χ0) is 22.0. The summed E-state index contributed by atoms with van der Waals surface area (Å²) >= 11 is 12.0. The predicted molar refractivity (Wildman–Crippen MR) is 120 cm³/mol. The molecule has 3 amide bonds. The van der Waals surface area contributed by atoms with Crippen LogP contribution in [0.25, 0.3) is 0 Å². The monoisotopic (exact) mass is 461 g/mol. The fourth-order valence-electron chi connectivity index (χ4n) is 4.23. The molecule has 2 aromatic rings. The second-order valence-corrected chi connectivity index (χ2v) is 8.91. The second kappa shape index (κ2) is 9.47. The number of urea groups is 1. The molecule has 164 valence electrons. The molecule has 1 saturated heterocycles. The van der Waals surface area contributed by atoms with Gasteiger partial charge in [-0.3, -0.25) is 4.79 Å². The summed E-state index contributed by atoms with van der Waals surface area (Å²) in [5.41, 5.74) is 2.97. The molecule has 4 rings (SSSR count). The number of hydrogen-bond donors (Lipinski definition) is 1. The number of hydrogen-bond acceptors (Lipinski definition) is 3. The Bertz CT molecular complexity index is 967. The van der Waals surface area contributed by atoms with E-state index in [-0.39, 0.29) is 18.0 Å². The Morgan fingerprint density at radius 2 is 1.90 bits per heavy atom. The Morgan fingerprint density at radius 3 is 2.68 bits per heavy atom. The number of ether oxygens (including phenoxy) is 1. The minimum absolute atomic E-state index is 0.0605. The van der Waals surface area contributed by atoms with Crippen molar-refractivity contribution < 1.29 is 14.3 Å². The topological polar surface area (TPSA) is 61.9 Å². The minimum atomic E-state index is -0.466. The Balaban J connectivity index is 1.41. The van der Waals surface area contributed by atoms with E-state index in [1.807, 2.05) is 42.5 Å². The van der Waals surface area contributed by atoms with Crippen LogP contribution < -0.4 is 5.32 Å². The lowest BCUT2D eigenvalue weighted by Crippen LogP contribution is -2.51. The third-order valence-electron chi connectivity index (χ3n) is 5.83. The van der Waals surface area contributed by atoms with Gasteiger partial charge in [-0.1, -0.05) is 41.4 Å². The third kappa shape index (κ3) is 4.97. The smallest absolute Gasteiger partial charge is 0.318 e. The van der Waals surface area contributed by atoms with E-state index in [1.54, 1.807) is 16.8 Å². The van der Waals surface area contributed by atoms with E-state index in [9.17, 15) is 9.59 Å². The number of benzene rings is 2. The van der Waals surface area contributed by atoms with E-state index in [2.05, 4.69) is 5.32 Å². The molecule has 8 heteroatoms. The molecule has 2 aliphatic heterocycles. The summed E-state index contributed by atoms with van der Waals surface area (Å²) in [5.74, 6) is -0.0605. The summed E-state index contributed by atoms with van der Waals surface area (Å²) in [6.07, 6.45) is 1.45. The van der Waals surface area contributed by atoms with Crippen molar-refractivity contribution in [3.63, 3.8) is 0 Å². The van der Waals surface area contributed by atoms with Gasteiger partial charge in [0.1, 0.15) is 6.04 Å². The van der Waals surface area contributed by atoms with Crippen LogP contribution in [-0.2, 0) is 22.7 Å². The maximum atomic E-state index is 13.1. The van der Waals surface area contributed by atoms with Crippen LogP contribution in [0.4, 0.5) is 4.79 Å². The molecule has 2 aliphatic rings. The summed E-state index contributed by atoms with van der Waals surface area (Å²) in [6, 6.07) is 12.1. The number of fused-ring (bicyclic) bond motifs is 1. The van der Waals surface area contributed by atoms with Gasteiger partial charge in [0.2, 0.25) is 5.91 Å². The van der Waals surface area contributed by atoms with E-state index in [4.69, 9.17) is 27.9 Å². The normalized spacial score (nSPS) is 20.3. The van der Waals surface area contributed by atoms with Gasteiger partial charge >= 0.3 is 6.03 Å². The number of nitrogens with one attached hydrogen (secondary N) is 1. The van der Waals surface area contributed by atoms with Crippen LogP contribution in [0.2, 0.25) is 10.0 Å². The van der Waals surface area contributed by atoms with E-state index in [0.717, 1.165) is 23.1 Å². The molecule has 1 unspecified atom stereocenters. The van der Waals surface area contributed by atoms with E-state index < -0.39 is 6.04 Å². The standard InChI is InChI=1S/C23H25Cl2N3O3/c1-27(12-15-4-6-17(24)7-5-15)22(29)21-3-2-10-28(21)23(30)26-20-14-31-13-16-11-18(25)8-9-19(16)20/h4-9,11,20-21H,2-3,10,12-14H2,1H3,(H,26,30)/t20?,21-/m1/s1. The van der Waals surface area contributed by atoms with Crippen LogP contribution >= 0.6 is 23.2 Å². The second-order valence-electron chi connectivity index (χ2n) is 8.03. The lowest BCUT2D eigenvalue weighted by atomic mass is 9.99. The van der Waals surface area contributed by atoms with Crippen LogP contribution in [0.3, 0.4) is 0 Å². The highest BCUT2D eigenvalue weighted by atomic mass is 35.5. The molecule has 0 saturated carbocycles. The molecule has 2 atom stereocenters. The molecular weight excluding hydrogens is 437 g/mol. The van der Waals surface area contributed by atoms with E-state index in [1.165, 1.54) is 0 Å². The Hall–Kier alpha value is -2.28. The van der Waals surface area contributed by atoms with E-state index in [0.29, 0.717) is 42.8 Å². The van der Waals surface area contributed by atoms with Gasteiger partial charge in [-0.05, 0) is 53.8 Å². The van der Waals surface area contributed by atoms with Crippen molar-refractivity contribution in [2.45, 2.75) is 38.1 Å². The zero-order valence-corrected chi connectivity index (χ0v) is 18.8. The first-order valence-electron chi connectivity index (χ1n) is 10.3. The number of carbonyl (C=O) groups excluding carboxylic acids is 2. The molecule has 0 bridgehead atoms. The van der Waals surface area contributed by atoms with Crippen molar-refractivity contribution in [3.8, 4) is 0 Å². The first kappa shape index (κ1) is 21.9. The van der Waals surface area contributed by atoms with Crippen LogP contribution in [0.15, 0.2) is 42.5 Å². The summed E-state index contributed by atoms with van der Waals surface area (Å²) in [5, 5.41) is 4.35. The first-order chi connectivity index (χ1) is 14.9. The molecule has 6 nitrogen and oxygen atoms in total. The third-order valence-corrected chi connectivity index (χ3v) is 6.32. The highest BCUT2D eigenvalue weighted by Gasteiger charge is 2.37. The van der Waals surface area contributed by atoms with Crippen LogP contribution in [0, 0.1) is 0 Å². The van der Waals surface area contributed by atoms with Crippen LogP contribution in [0.1, 0.15) is 35.6 Å². The molecule has 0 aromatic heterocycles. The zero-order valence-electron chi connectivity index (χ0n) is 17.3. The van der Waals surface area contributed by atoms with Crippen molar-refractivity contribution in [1.29, 1.82) is 0 Å². The molecule has 0 aliphatic carbocycles. The number of carbonyl (C=O) groups is 2. The Labute approximate surface area is 192 Å². The maximum absolute atomic E-state index is 13.1. The van der Waals surface area contributed by atoms with Gasteiger partial charge in [-0.25, -0.2) is 4.79 Å². The predicted octanol–water partition coefficient (Wildman–Crippen LogP) is 4.40. The molecule has 1 N–H and O–H groups in total. The largest absolute Gasteiger partial charge is 0.374 e. The fraction of sp³-hybridized carbons (Fsp3) is 0.391. The molecule has 2 heterocycles. The van der Waals surface area contributed by atoms with Gasteiger partial charge in [0.15, 0.2) is 0 Å². The van der Waals surface area contributed by atoms with Gasteiger partial charge in [0.25, 0.3) is 0 Å². The van der Waals surface area contributed by atoms with Crippen LogP contribution in [0.5, 0.6) is 0 Å². The minimum Gasteiger partial charge on any atom is -0.374 e. The van der Waals surface area contributed by atoms with Crippen molar-refractivity contribution in [1.82, 2.24) is 15.1 Å². The molecule has 31 heavy (non-hydrogen) atoms. The van der Waals surface area contributed by atoms with Crippen molar-refractivity contribution >= 4 is 35.1 Å². The van der Waals surface area contributed by atoms with Crippen molar-refractivity contribution in [2.75, 3.05) is 20.2 Å². The number of nitrogens with zero attached hydrogens (tertiary/aromatic N) is 2. The SMILES string of the molecule is CN(Cc1ccc(Cl)cc1)C(=O)[C@H]1CCCN1C(=O)NC1COCc2cc(Cl)ccc21.